The van der Waals surface area contributed by atoms with Crippen molar-refractivity contribution in [2.24, 2.45) is 5.92 Å². The summed E-state index contributed by atoms with van der Waals surface area (Å²) in [5.74, 6) is -3.42. The number of hydrogen-bond donors (Lipinski definition) is 1. The van der Waals surface area contributed by atoms with Crippen molar-refractivity contribution in [2.75, 3.05) is 13.6 Å². The SMILES string of the molecule is CNCC1(c2cccc(C(F)(F)C(C)C)c2)CC1. The standard InChI is InChI=1S/C15H21F2N/c1-11(2)15(16,17)13-6-4-5-12(9-13)14(7-8-14)10-18-3/h4-6,9,11,18H,7-8,10H2,1-3H3. The maximum Gasteiger partial charge on any atom is 0.275 e. The first kappa shape index (κ1) is 13.5. The highest BCUT2D eigenvalue weighted by atomic mass is 19.3. The van der Waals surface area contributed by atoms with E-state index in [4.69, 9.17) is 0 Å². The molecule has 1 aromatic rings. The molecule has 1 aliphatic carbocycles. The lowest BCUT2D eigenvalue weighted by Crippen LogP contribution is -2.25. The van der Waals surface area contributed by atoms with Crippen molar-refractivity contribution in [1.29, 1.82) is 0 Å². The smallest absolute Gasteiger partial charge is 0.275 e. The van der Waals surface area contributed by atoms with Crippen molar-refractivity contribution in [3.63, 3.8) is 0 Å². The second kappa shape index (κ2) is 4.61. The predicted molar refractivity (Wildman–Crippen MR) is 70.0 cm³/mol. The van der Waals surface area contributed by atoms with Crippen molar-refractivity contribution in [3.05, 3.63) is 35.4 Å². The minimum absolute atomic E-state index is 0.0951. The maximum atomic E-state index is 14.0. The number of benzene rings is 1. The molecule has 0 atom stereocenters. The molecule has 0 amide bonds. The van der Waals surface area contributed by atoms with Gasteiger partial charge < -0.3 is 5.32 Å². The van der Waals surface area contributed by atoms with Gasteiger partial charge in [0.2, 0.25) is 0 Å². The molecule has 18 heavy (non-hydrogen) atoms. The Morgan fingerprint density at radius 3 is 2.50 bits per heavy atom. The van der Waals surface area contributed by atoms with Gasteiger partial charge >= 0.3 is 0 Å². The molecule has 0 aromatic heterocycles. The number of rotatable bonds is 5. The quantitative estimate of drug-likeness (QED) is 0.844. The molecule has 1 fully saturated rings. The Bertz CT molecular complexity index is 422. The normalized spacial score (nSPS) is 18.1. The van der Waals surface area contributed by atoms with Crippen LogP contribution in [0.1, 0.15) is 37.8 Å². The molecule has 3 heteroatoms. The van der Waals surface area contributed by atoms with E-state index < -0.39 is 11.8 Å². The van der Waals surface area contributed by atoms with E-state index in [1.165, 1.54) is 0 Å². The third kappa shape index (κ3) is 2.28. The Morgan fingerprint density at radius 1 is 1.33 bits per heavy atom. The second-order valence-electron chi connectivity index (χ2n) is 5.67. The molecule has 100 valence electrons. The molecule has 0 spiro atoms. The van der Waals surface area contributed by atoms with Gasteiger partial charge in [-0.2, -0.15) is 0 Å². The summed E-state index contributed by atoms with van der Waals surface area (Å²) in [7, 11) is 1.91. The zero-order valence-electron chi connectivity index (χ0n) is 11.3. The summed E-state index contributed by atoms with van der Waals surface area (Å²) in [4.78, 5) is 0. The van der Waals surface area contributed by atoms with Gasteiger partial charge in [-0.3, -0.25) is 0 Å². The molecule has 0 radical (unpaired) electrons. The lowest BCUT2D eigenvalue weighted by Gasteiger charge is -2.23. The van der Waals surface area contributed by atoms with Gasteiger partial charge in [0.15, 0.2) is 0 Å². The Kier molecular flexibility index (Phi) is 3.45. The van der Waals surface area contributed by atoms with Gasteiger partial charge in [0.05, 0.1) is 0 Å². The largest absolute Gasteiger partial charge is 0.319 e. The second-order valence-corrected chi connectivity index (χ2v) is 5.67. The van der Waals surface area contributed by atoms with Crippen LogP contribution in [0, 0.1) is 5.92 Å². The number of likely N-dealkylation sites (N-methyl/N-ethyl adjacent to an activating group) is 1. The van der Waals surface area contributed by atoms with E-state index in [9.17, 15) is 8.78 Å². The van der Waals surface area contributed by atoms with E-state index in [1.54, 1.807) is 32.0 Å². The topological polar surface area (TPSA) is 12.0 Å². The molecule has 1 aromatic carbocycles. The summed E-state index contributed by atoms with van der Waals surface area (Å²) in [5.41, 5.74) is 1.30. The van der Waals surface area contributed by atoms with Crippen LogP contribution in [0.2, 0.25) is 0 Å². The highest BCUT2D eigenvalue weighted by molar-refractivity contribution is 5.37. The molecule has 0 bridgehead atoms. The van der Waals surface area contributed by atoms with E-state index in [0.717, 1.165) is 24.9 Å². The van der Waals surface area contributed by atoms with Crippen LogP contribution in [-0.2, 0) is 11.3 Å². The summed E-state index contributed by atoms with van der Waals surface area (Å²) < 4.78 is 28.1. The minimum atomic E-state index is -2.74. The first-order valence-corrected chi connectivity index (χ1v) is 6.56. The molecule has 1 saturated carbocycles. The van der Waals surface area contributed by atoms with Crippen LogP contribution in [0.4, 0.5) is 8.78 Å². The lowest BCUT2D eigenvalue weighted by molar-refractivity contribution is -0.0514. The van der Waals surface area contributed by atoms with Crippen LogP contribution in [0.15, 0.2) is 24.3 Å². The van der Waals surface area contributed by atoms with Gasteiger partial charge in [-0.15, -0.1) is 0 Å². The summed E-state index contributed by atoms with van der Waals surface area (Å²) in [5, 5.41) is 3.16. The van der Waals surface area contributed by atoms with Crippen molar-refractivity contribution in [3.8, 4) is 0 Å². The molecule has 0 aliphatic heterocycles. The molecule has 1 aliphatic rings. The third-order valence-electron chi connectivity index (χ3n) is 3.95. The summed E-state index contributed by atoms with van der Waals surface area (Å²) >= 11 is 0. The Balaban J connectivity index is 2.31. The number of alkyl halides is 2. The van der Waals surface area contributed by atoms with Crippen molar-refractivity contribution in [1.82, 2.24) is 5.32 Å². The number of halogens is 2. The fourth-order valence-electron chi connectivity index (χ4n) is 2.45. The van der Waals surface area contributed by atoms with Crippen LogP contribution in [0.5, 0.6) is 0 Å². The lowest BCUT2D eigenvalue weighted by atomic mass is 9.90. The van der Waals surface area contributed by atoms with E-state index >= 15 is 0 Å². The van der Waals surface area contributed by atoms with Gasteiger partial charge in [-0.25, -0.2) is 8.78 Å². The summed E-state index contributed by atoms with van der Waals surface area (Å²) in [6.45, 7) is 3.99. The van der Waals surface area contributed by atoms with Crippen LogP contribution in [-0.4, -0.2) is 13.6 Å². The van der Waals surface area contributed by atoms with Crippen molar-refractivity contribution in [2.45, 2.75) is 38.0 Å². The third-order valence-corrected chi connectivity index (χ3v) is 3.95. The van der Waals surface area contributed by atoms with Gasteiger partial charge in [0.1, 0.15) is 0 Å². The molecule has 2 rings (SSSR count). The van der Waals surface area contributed by atoms with E-state index in [2.05, 4.69) is 5.32 Å². The zero-order valence-corrected chi connectivity index (χ0v) is 11.3. The molecule has 1 nitrogen and oxygen atoms in total. The molecule has 0 heterocycles. The molecule has 0 unspecified atom stereocenters. The fraction of sp³-hybridized carbons (Fsp3) is 0.600. The van der Waals surface area contributed by atoms with E-state index in [-0.39, 0.29) is 11.0 Å². The molecular weight excluding hydrogens is 232 g/mol. The molecular formula is C15H21F2N. The Morgan fingerprint density at radius 2 is 2.00 bits per heavy atom. The Labute approximate surface area is 108 Å². The van der Waals surface area contributed by atoms with Gasteiger partial charge in [0.25, 0.3) is 5.92 Å². The van der Waals surface area contributed by atoms with E-state index in [0.29, 0.717) is 0 Å². The molecule has 0 saturated heterocycles. The monoisotopic (exact) mass is 253 g/mol. The van der Waals surface area contributed by atoms with Gasteiger partial charge in [-0.05, 0) is 31.5 Å². The zero-order chi connectivity index (χ0) is 13.4. The Hall–Kier alpha value is -0.960. The highest BCUT2D eigenvalue weighted by Gasteiger charge is 2.44. The van der Waals surface area contributed by atoms with Crippen LogP contribution < -0.4 is 5.32 Å². The number of nitrogens with one attached hydrogen (secondary N) is 1. The first-order valence-electron chi connectivity index (χ1n) is 6.56. The van der Waals surface area contributed by atoms with Crippen LogP contribution in [0.3, 0.4) is 0 Å². The van der Waals surface area contributed by atoms with E-state index in [1.807, 2.05) is 13.1 Å². The van der Waals surface area contributed by atoms with Crippen molar-refractivity contribution < 1.29 is 8.78 Å². The van der Waals surface area contributed by atoms with Crippen molar-refractivity contribution >= 4 is 0 Å². The predicted octanol–water partition coefficient (Wildman–Crippen LogP) is 3.69. The maximum absolute atomic E-state index is 14.0. The van der Waals surface area contributed by atoms with Gasteiger partial charge in [0, 0.05) is 23.4 Å². The summed E-state index contributed by atoms with van der Waals surface area (Å²) in [6, 6.07) is 6.98. The average Bonchev–Trinajstić information content (AvgIpc) is 3.10. The highest BCUT2D eigenvalue weighted by Crippen LogP contribution is 2.48. The number of hydrogen-bond acceptors (Lipinski definition) is 1. The summed E-state index contributed by atoms with van der Waals surface area (Å²) in [6.07, 6.45) is 2.18. The minimum Gasteiger partial charge on any atom is -0.319 e. The molecule has 1 N–H and O–H groups in total. The van der Waals surface area contributed by atoms with Crippen LogP contribution in [0.25, 0.3) is 0 Å². The first-order chi connectivity index (χ1) is 8.42. The average molecular weight is 253 g/mol. The fourth-order valence-corrected chi connectivity index (χ4v) is 2.45. The van der Waals surface area contributed by atoms with Crippen LogP contribution >= 0.6 is 0 Å². The van der Waals surface area contributed by atoms with Gasteiger partial charge in [-0.1, -0.05) is 32.0 Å².